The van der Waals surface area contributed by atoms with Crippen LogP contribution in [0, 0.1) is 0 Å². The Morgan fingerprint density at radius 1 is 1.11 bits per heavy atom. The number of H-pyrrole nitrogens is 1. The first-order chi connectivity index (χ1) is 18.0. The molecule has 1 unspecified atom stereocenters. The van der Waals surface area contributed by atoms with E-state index in [1.807, 2.05) is 43.3 Å². The van der Waals surface area contributed by atoms with Crippen LogP contribution in [-0.4, -0.2) is 39.3 Å². The van der Waals surface area contributed by atoms with Gasteiger partial charge in [0.25, 0.3) is 5.91 Å². The molecule has 4 aromatic rings. The number of rotatable bonds is 9. The molecule has 0 fully saturated rings. The molecule has 7 nitrogen and oxygen atoms in total. The van der Waals surface area contributed by atoms with Crippen molar-refractivity contribution in [2.24, 2.45) is 0 Å². The molecule has 1 atom stereocenters. The fourth-order valence-corrected chi connectivity index (χ4v) is 4.73. The highest BCUT2D eigenvalue weighted by Crippen LogP contribution is 2.46. The maximum Gasteiger partial charge on any atom is 0.273 e. The topological polar surface area (TPSA) is 87.7 Å². The lowest BCUT2D eigenvalue weighted by Crippen LogP contribution is -2.29. The minimum atomic E-state index is -0.487. The summed E-state index contributed by atoms with van der Waals surface area (Å²) < 4.78 is 11.7. The van der Waals surface area contributed by atoms with Gasteiger partial charge in [-0.1, -0.05) is 54.6 Å². The number of hydrogen-bond donors (Lipinski definition) is 2. The summed E-state index contributed by atoms with van der Waals surface area (Å²) in [6, 6.07) is 19.5. The second-order valence-corrected chi connectivity index (χ2v) is 9.02. The first-order valence-corrected chi connectivity index (χ1v) is 12.3. The van der Waals surface area contributed by atoms with Crippen molar-refractivity contribution in [1.29, 1.82) is 0 Å². The van der Waals surface area contributed by atoms with Crippen molar-refractivity contribution >= 4 is 17.5 Å². The van der Waals surface area contributed by atoms with Crippen LogP contribution in [0.1, 0.15) is 40.1 Å². The van der Waals surface area contributed by atoms with E-state index in [1.165, 1.54) is 0 Å². The lowest BCUT2D eigenvalue weighted by atomic mass is 9.95. The molecule has 1 aliphatic heterocycles. The third-order valence-electron chi connectivity index (χ3n) is 6.23. The number of para-hydroxylation sites is 1. The van der Waals surface area contributed by atoms with Crippen LogP contribution >= 0.6 is 11.6 Å². The third kappa shape index (κ3) is 4.66. The van der Waals surface area contributed by atoms with E-state index < -0.39 is 6.04 Å². The molecule has 3 aromatic carbocycles. The van der Waals surface area contributed by atoms with Crippen molar-refractivity contribution in [3.05, 3.63) is 107 Å². The number of phenols is 1. The van der Waals surface area contributed by atoms with E-state index in [9.17, 15) is 9.90 Å². The summed E-state index contributed by atoms with van der Waals surface area (Å²) in [6.07, 6.45) is 1.67. The van der Waals surface area contributed by atoms with Gasteiger partial charge in [0.15, 0.2) is 11.5 Å². The minimum absolute atomic E-state index is 0.0855. The normalized spacial score (nSPS) is 14.5. The molecule has 2 heterocycles. The Hall–Kier alpha value is -4.23. The zero-order valence-corrected chi connectivity index (χ0v) is 21.0. The number of fused-ring (bicyclic) bond motifs is 1. The molecule has 0 aliphatic carbocycles. The summed E-state index contributed by atoms with van der Waals surface area (Å²) in [5.41, 5.74) is 3.91. The van der Waals surface area contributed by atoms with Gasteiger partial charge in [-0.2, -0.15) is 5.10 Å². The van der Waals surface area contributed by atoms with Gasteiger partial charge in [-0.25, -0.2) is 0 Å². The molecule has 37 heavy (non-hydrogen) atoms. The summed E-state index contributed by atoms with van der Waals surface area (Å²) in [4.78, 5) is 15.5. The first-order valence-electron chi connectivity index (χ1n) is 11.9. The van der Waals surface area contributed by atoms with Crippen molar-refractivity contribution in [2.45, 2.75) is 19.5 Å². The molecule has 2 N–H and O–H groups in total. The van der Waals surface area contributed by atoms with Crippen molar-refractivity contribution in [3.63, 3.8) is 0 Å². The maximum atomic E-state index is 13.7. The molecule has 1 aromatic heterocycles. The van der Waals surface area contributed by atoms with Crippen molar-refractivity contribution in [2.75, 3.05) is 13.2 Å². The first kappa shape index (κ1) is 24.5. The smallest absolute Gasteiger partial charge is 0.273 e. The van der Waals surface area contributed by atoms with Gasteiger partial charge in [-0.15, -0.1) is 0 Å². The summed E-state index contributed by atoms with van der Waals surface area (Å²) in [5.74, 6) is 1.06. The van der Waals surface area contributed by atoms with E-state index in [1.54, 1.807) is 41.3 Å². The lowest BCUT2D eigenvalue weighted by molar-refractivity contribution is 0.0730. The summed E-state index contributed by atoms with van der Waals surface area (Å²) >= 11 is 6.09. The Morgan fingerprint density at radius 2 is 1.89 bits per heavy atom. The predicted octanol–water partition coefficient (Wildman–Crippen LogP) is 6.14. The Morgan fingerprint density at radius 3 is 2.62 bits per heavy atom. The van der Waals surface area contributed by atoms with Gasteiger partial charge in [-0.05, 0) is 54.4 Å². The molecule has 1 aliphatic rings. The number of carbonyl (C=O) groups is 1. The van der Waals surface area contributed by atoms with E-state index >= 15 is 0 Å². The number of ether oxygens (including phenoxy) is 2. The number of hydrogen-bond acceptors (Lipinski definition) is 5. The van der Waals surface area contributed by atoms with E-state index in [4.69, 9.17) is 21.1 Å². The standard InChI is InChI=1S/C29H26ClN3O4/c1-3-15-37-23-14-11-19(16-24(23)36-4-2)28-25-26(21-7-5-6-8-22(21)34)31-32-27(25)29(35)33(28)17-18-9-12-20(30)13-10-18/h3,5-14,16,28,34H,1,4,15,17H2,2H3,(H,31,32). The van der Waals surface area contributed by atoms with E-state index in [0.717, 1.165) is 11.1 Å². The maximum absolute atomic E-state index is 13.7. The van der Waals surface area contributed by atoms with Crippen molar-refractivity contribution < 1.29 is 19.4 Å². The third-order valence-corrected chi connectivity index (χ3v) is 6.48. The van der Waals surface area contributed by atoms with Gasteiger partial charge >= 0.3 is 0 Å². The Bertz CT molecular complexity index is 1450. The number of nitrogens with one attached hydrogen (secondary N) is 1. The van der Waals surface area contributed by atoms with Crippen LogP contribution in [0.5, 0.6) is 17.2 Å². The molecular formula is C29H26ClN3O4. The second-order valence-electron chi connectivity index (χ2n) is 8.58. The Kier molecular flexibility index (Phi) is 6.88. The van der Waals surface area contributed by atoms with Crippen LogP contribution in [0.15, 0.2) is 79.4 Å². The van der Waals surface area contributed by atoms with Crippen molar-refractivity contribution in [1.82, 2.24) is 15.1 Å². The number of aromatic hydroxyl groups is 1. The van der Waals surface area contributed by atoms with Crippen LogP contribution in [0.2, 0.25) is 5.02 Å². The number of nitrogens with zero attached hydrogens (tertiary/aromatic N) is 2. The van der Waals surface area contributed by atoms with Gasteiger partial charge in [0.1, 0.15) is 23.7 Å². The van der Waals surface area contributed by atoms with Crippen LogP contribution in [0.3, 0.4) is 0 Å². The Labute approximate surface area is 219 Å². The largest absolute Gasteiger partial charge is 0.507 e. The average molecular weight is 516 g/mol. The molecule has 0 radical (unpaired) electrons. The van der Waals surface area contributed by atoms with Crippen molar-refractivity contribution in [3.8, 4) is 28.5 Å². The van der Waals surface area contributed by atoms with Gasteiger partial charge in [0.2, 0.25) is 0 Å². The minimum Gasteiger partial charge on any atom is -0.507 e. The molecule has 0 spiro atoms. The monoisotopic (exact) mass is 515 g/mol. The Balaban J connectivity index is 1.65. The number of phenolic OH excluding ortho intramolecular Hbond substituents is 1. The lowest BCUT2D eigenvalue weighted by Gasteiger charge is -2.27. The number of aromatic amines is 1. The molecule has 188 valence electrons. The summed E-state index contributed by atoms with van der Waals surface area (Å²) in [6.45, 7) is 6.75. The highest BCUT2D eigenvalue weighted by Gasteiger charge is 2.42. The number of amides is 1. The number of halogens is 1. The van der Waals surface area contributed by atoms with Gasteiger partial charge in [0.05, 0.1) is 12.6 Å². The molecule has 0 saturated carbocycles. The molecule has 1 amide bonds. The quantitative estimate of drug-likeness (QED) is 0.261. The average Bonchev–Trinajstić information content (AvgIpc) is 3.44. The molecule has 0 bridgehead atoms. The fourth-order valence-electron chi connectivity index (χ4n) is 4.60. The van der Waals surface area contributed by atoms with E-state index in [0.29, 0.717) is 58.8 Å². The molecule has 0 saturated heterocycles. The van der Waals surface area contributed by atoms with E-state index in [-0.39, 0.29) is 11.7 Å². The zero-order valence-electron chi connectivity index (χ0n) is 20.3. The van der Waals surface area contributed by atoms with Crippen LogP contribution < -0.4 is 9.47 Å². The molecule has 8 heteroatoms. The highest BCUT2D eigenvalue weighted by molar-refractivity contribution is 6.30. The zero-order chi connectivity index (χ0) is 25.9. The summed E-state index contributed by atoms with van der Waals surface area (Å²) in [7, 11) is 0. The van der Waals surface area contributed by atoms with Gasteiger partial charge in [0, 0.05) is 22.7 Å². The number of carbonyl (C=O) groups excluding carboxylic acids is 1. The summed E-state index contributed by atoms with van der Waals surface area (Å²) in [5, 5.41) is 18.6. The van der Waals surface area contributed by atoms with E-state index in [2.05, 4.69) is 16.8 Å². The molecule has 5 rings (SSSR count). The van der Waals surface area contributed by atoms with Gasteiger partial charge in [-0.3, -0.25) is 9.89 Å². The van der Waals surface area contributed by atoms with Crippen LogP contribution in [0.4, 0.5) is 0 Å². The predicted molar refractivity (Wildman–Crippen MR) is 142 cm³/mol. The number of aromatic nitrogens is 2. The van der Waals surface area contributed by atoms with Crippen LogP contribution in [-0.2, 0) is 6.54 Å². The molecular weight excluding hydrogens is 490 g/mol. The SMILES string of the molecule is C=CCOc1ccc(C2c3c(-c4ccccc4O)n[nH]c3C(=O)N2Cc2ccc(Cl)cc2)cc1OCC. The highest BCUT2D eigenvalue weighted by atomic mass is 35.5. The van der Waals surface area contributed by atoms with Crippen LogP contribution in [0.25, 0.3) is 11.3 Å². The number of benzene rings is 3. The second kappa shape index (κ2) is 10.4. The van der Waals surface area contributed by atoms with Gasteiger partial charge < -0.3 is 19.5 Å². The fraction of sp³-hybridized carbons (Fsp3) is 0.172.